The van der Waals surface area contributed by atoms with Gasteiger partial charge in [0.2, 0.25) is 11.8 Å². The zero-order chi connectivity index (χ0) is 9.84. The Kier molecular flexibility index (Phi) is 3.31. The smallest absolute Gasteiger partial charge is 0.238 e. The minimum Gasteiger partial charge on any atom is -0.444 e. The maximum Gasteiger partial charge on any atom is 0.238 e. The van der Waals surface area contributed by atoms with Crippen LogP contribution < -0.4 is 5.32 Å². The number of hydrogen-bond acceptors (Lipinski definition) is 3. The van der Waals surface area contributed by atoms with Crippen molar-refractivity contribution in [1.82, 2.24) is 10.3 Å². The van der Waals surface area contributed by atoms with Crippen LogP contribution in [0.4, 0.5) is 0 Å². The third-order valence-electron chi connectivity index (χ3n) is 1.44. The van der Waals surface area contributed by atoms with Crippen molar-refractivity contribution in [1.29, 1.82) is 0 Å². The van der Waals surface area contributed by atoms with Gasteiger partial charge in [-0.2, -0.15) is 0 Å². The Bertz CT molecular complexity index is 296. The second kappa shape index (κ2) is 4.28. The van der Waals surface area contributed by atoms with E-state index in [2.05, 4.69) is 10.3 Å². The van der Waals surface area contributed by atoms with Gasteiger partial charge in [-0.15, -0.1) is 11.6 Å². The standard InChI is InChI=1S/C8H11ClN2O2/c1-5-3-10-7(13-5)4-11-8(12)6(2)9/h3,6H,4H2,1-2H3,(H,11,12). The summed E-state index contributed by atoms with van der Waals surface area (Å²) in [4.78, 5) is 14.9. The first-order chi connectivity index (χ1) is 6.09. The first kappa shape index (κ1) is 10.1. The lowest BCUT2D eigenvalue weighted by atomic mass is 10.4. The third kappa shape index (κ3) is 3.06. The van der Waals surface area contributed by atoms with E-state index >= 15 is 0 Å². The first-order valence-corrected chi connectivity index (χ1v) is 4.36. The third-order valence-corrected chi connectivity index (χ3v) is 1.64. The summed E-state index contributed by atoms with van der Waals surface area (Å²) >= 11 is 5.54. The molecule has 1 N–H and O–H groups in total. The normalized spacial score (nSPS) is 12.5. The highest BCUT2D eigenvalue weighted by Crippen LogP contribution is 2.01. The number of nitrogens with zero attached hydrogens (tertiary/aromatic N) is 1. The van der Waals surface area contributed by atoms with Gasteiger partial charge in [-0.1, -0.05) is 0 Å². The Morgan fingerprint density at radius 2 is 2.54 bits per heavy atom. The van der Waals surface area contributed by atoms with Crippen molar-refractivity contribution in [3.63, 3.8) is 0 Å². The van der Waals surface area contributed by atoms with Gasteiger partial charge in [0.1, 0.15) is 11.1 Å². The van der Waals surface area contributed by atoms with E-state index in [4.69, 9.17) is 16.0 Å². The molecule has 72 valence electrons. The van der Waals surface area contributed by atoms with Crippen LogP contribution in [-0.4, -0.2) is 16.3 Å². The fourth-order valence-corrected chi connectivity index (χ4v) is 0.864. The molecule has 0 bridgehead atoms. The zero-order valence-electron chi connectivity index (χ0n) is 7.50. The van der Waals surface area contributed by atoms with Gasteiger partial charge in [-0.25, -0.2) is 4.98 Å². The fraction of sp³-hybridized carbons (Fsp3) is 0.500. The number of nitrogens with one attached hydrogen (secondary N) is 1. The predicted molar refractivity (Wildman–Crippen MR) is 48.4 cm³/mol. The Hall–Kier alpha value is -1.03. The molecule has 0 saturated heterocycles. The fourth-order valence-electron chi connectivity index (χ4n) is 0.787. The number of alkyl halides is 1. The van der Waals surface area contributed by atoms with Crippen LogP contribution in [0.1, 0.15) is 18.6 Å². The van der Waals surface area contributed by atoms with Gasteiger partial charge >= 0.3 is 0 Å². The van der Waals surface area contributed by atoms with E-state index in [1.165, 1.54) is 0 Å². The molecule has 1 unspecified atom stereocenters. The monoisotopic (exact) mass is 202 g/mol. The number of hydrogen-bond donors (Lipinski definition) is 1. The van der Waals surface area contributed by atoms with Crippen molar-refractivity contribution in [3.8, 4) is 0 Å². The summed E-state index contributed by atoms with van der Waals surface area (Å²) < 4.78 is 5.14. The van der Waals surface area contributed by atoms with Crippen LogP contribution in [0.15, 0.2) is 10.6 Å². The van der Waals surface area contributed by atoms with E-state index in [1.807, 2.05) is 0 Å². The van der Waals surface area contributed by atoms with Gasteiger partial charge in [0.25, 0.3) is 0 Å². The summed E-state index contributed by atoms with van der Waals surface area (Å²) in [6.45, 7) is 3.68. The second-order valence-corrected chi connectivity index (χ2v) is 3.35. The molecule has 0 radical (unpaired) electrons. The largest absolute Gasteiger partial charge is 0.444 e. The van der Waals surface area contributed by atoms with Gasteiger partial charge in [0.15, 0.2) is 0 Å². The second-order valence-electron chi connectivity index (χ2n) is 2.70. The molecule has 1 aromatic heterocycles. The molecule has 0 saturated carbocycles. The minimum absolute atomic E-state index is 0.225. The Labute approximate surface area is 81.3 Å². The highest BCUT2D eigenvalue weighted by molar-refractivity contribution is 6.30. The lowest BCUT2D eigenvalue weighted by Gasteiger charge is -2.02. The summed E-state index contributed by atoms with van der Waals surface area (Å²) in [5, 5.41) is 2.05. The van der Waals surface area contributed by atoms with Crippen LogP contribution in [0.2, 0.25) is 0 Å². The van der Waals surface area contributed by atoms with Gasteiger partial charge in [0, 0.05) is 0 Å². The average Bonchev–Trinajstić information content (AvgIpc) is 2.47. The van der Waals surface area contributed by atoms with Gasteiger partial charge < -0.3 is 9.73 Å². The molecule has 0 fully saturated rings. The number of aromatic nitrogens is 1. The quantitative estimate of drug-likeness (QED) is 0.750. The van der Waals surface area contributed by atoms with Gasteiger partial charge in [-0.05, 0) is 13.8 Å². The van der Waals surface area contributed by atoms with Crippen molar-refractivity contribution in [2.45, 2.75) is 25.8 Å². The summed E-state index contributed by atoms with van der Waals surface area (Å²) in [6, 6.07) is 0. The molecule has 5 heteroatoms. The van der Waals surface area contributed by atoms with Crippen LogP contribution in [0, 0.1) is 6.92 Å². The van der Waals surface area contributed by atoms with E-state index in [1.54, 1.807) is 20.0 Å². The number of carbonyl (C=O) groups is 1. The van der Waals surface area contributed by atoms with E-state index < -0.39 is 5.38 Å². The molecule has 13 heavy (non-hydrogen) atoms. The Morgan fingerprint density at radius 3 is 3.00 bits per heavy atom. The molecule has 1 amide bonds. The van der Waals surface area contributed by atoms with Crippen LogP contribution >= 0.6 is 11.6 Å². The molecule has 0 aromatic carbocycles. The molecule has 0 aliphatic heterocycles. The molecule has 1 atom stereocenters. The van der Waals surface area contributed by atoms with Crippen LogP contribution in [0.25, 0.3) is 0 Å². The van der Waals surface area contributed by atoms with Crippen molar-refractivity contribution >= 4 is 17.5 Å². The number of carbonyl (C=O) groups excluding carboxylic acids is 1. The summed E-state index contributed by atoms with van der Waals surface area (Å²) in [5.41, 5.74) is 0. The molecule has 0 spiro atoms. The SMILES string of the molecule is Cc1cnc(CNC(=O)C(C)Cl)o1. The van der Waals surface area contributed by atoms with Crippen molar-refractivity contribution < 1.29 is 9.21 Å². The number of amides is 1. The Balaban J connectivity index is 2.39. The van der Waals surface area contributed by atoms with E-state index in [0.717, 1.165) is 5.76 Å². The van der Waals surface area contributed by atoms with Crippen LogP contribution in [0.3, 0.4) is 0 Å². The average molecular weight is 203 g/mol. The van der Waals surface area contributed by atoms with Crippen LogP contribution in [-0.2, 0) is 11.3 Å². The number of aryl methyl sites for hydroxylation is 1. The highest BCUT2D eigenvalue weighted by Gasteiger charge is 2.09. The lowest BCUT2D eigenvalue weighted by Crippen LogP contribution is -2.29. The van der Waals surface area contributed by atoms with Crippen molar-refractivity contribution in [3.05, 3.63) is 17.8 Å². The summed E-state index contributed by atoms with van der Waals surface area (Å²) in [6.07, 6.45) is 1.60. The maximum atomic E-state index is 11.0. The van der Waals surface area contributed by atoms with E-state index in [-0.39, 0.29) is 12.5 Å². The number of halogens is 1. The molecular weight excluding hydrogens is 192 g/mol. The molecule has 0 aliphatic carbocycles. The predicted octanol–water partition coefficient (Wildman–Crippen LogP) is 1.23. The Morgan fingerprint density at radius 1 is 1.85 bits per heavy atom. The minimum atomic E-state index is -0.531. The van der Waals surface area contributed by atoms with Crippen LogP contribution in [0.5, 0.6) is 0 Å². The lowest BCUT2D eigenvalue weighted by molar-refractivity contribution is -0.120. The zero-order valence-corrected chi connectivity index (χ0v) is 8.26. The summed E-state index contributed by atoms with van der Waals surface area (Å²) in [7, 11) is 0. The highest BCUT2D eigenvalue weighted by atomic mass is 35.5. The topological polar surface area (TPSA) is 55.1 Å². The molecule has 1 rings (SSSR count). The number of oxazole rings is 1. The van der Waals surface area contributed by atoms with Gasteiger partial charge in [-0.3, -0.25) is 4.79 Å². The molecule has 1 heterocycles. The molecular formula is C8H11ClN2O2. The molecule has 4 nitrogen and oxygen atoms in total. The number of rotatable bonds is 3. The maximum absolute atomic E-state index is 11.0. The molecule has 1 aromatic rings. The van der Waals surface area contributed by atoms with Crippen molar-refractivity contribution in [2.75, 3.05) is 0 Å². The van der Waals surface area contributed by atoms with E-state index in [0.29, 0.717) is 5.89 Å². The van der Waals surface area contributed by atoms with Gasteiger partial charge in [0.05, 0.1) is 12.7 Å². The summed E-state index contributed by atoms with van der Waals surface area (Å²) in [5.74, 6) is 0.990. The molecule has 0 aliphatic rings. The van der Waals surface area contributed by atoms with E-state index in [9.17, 15) is 4.79 Å². The first-order valence-electron chi connectivity index (χ1n) is 3.92. The van der Waals surface area contributed by atoms with Crippen molar-refractivity contribution in [2.24, 2.45) is 0 Å².